The summed E-state index contributed by atoms with van der Waals surface area (Å²) in [5.74, 6) is -0.0901. The van der Waals surface area contributed by atoms with E-state index in [0.29, 0.717) is 17.1 Å². The van der Waals surface area contributed by atoms with Gasteiger partial charge < -0.3 is 10.6 Å². The van der Waals surface area contributed by atoms with Crippen molar-refractivity contribution in [3.8, 4) is 0 Å². The van der Waals surface area contributed by atoms with Gasteiger partial charge in [0.1, 0.15) is 0 Å². The van der Waals surface area contributed by atoms with Gasteiger partial charge >= 0.3 is 0 Å². The van der Waals surface area contributed by atoms with Crippen molar-refractivity contribution in [3.05, 3.63) is 34.3 Å². The van der Waals surface area contributed by atoms with Gasteiger partial charge in [-0.15, -0.1) is 0 Å². The Kier molecular flexibility index (Phi) is 4.77. The minimum atomic E-state index is -0.0901. The molecule has 0 bridgehead atoms. The third-order valence-corrected chi connectivity index (χ3v) is 2.58. The van der Waals surface area contributed by atoms with E-state index in [1.807, 2.05) is 33.0 Å². The molecule has 0 aliphatic heterocycles. The molecular formula is C12H17ClN2O. The monoisotopic (exact) mass is 240 g/mol. The van der Waals surface area contributed by atoms with Crippen LogP contribution < -0.4 is 10.6 Å². The van der Waals surface area contributed by atoms with Gasteiger partial charge in [-0.25, -0.2) is 0 Å². The minimum absolute atomic E-state index is 0.0901. The fraction of sp³-hybridized carbons (Fsp3) is 0.417. The number of halogens is 1. The number of hydrogen-bond acceptors (Lipinski definition) is 2. The molecule has 0 saturated carbocycles. The first-order chi connectivity index (χ1) is 7.52. The molecule has 0 aliphatic carbocycles. The summed E-state index contributed by atoms with van der Waals surface area (Å²) in [6, 6.07) is 5.58. The van der Waals surface area contributed by atoms with E-state index < -0.39 is 0 Å². The van der Waals surface area contributed by atoms with Crippen LogP contribution in [0.5, 0.6) is 0 Å². The zero-order chi connectivity index (χ0) is 12.1. The lowest BCUT2D eigenvalue weighted by Crippen LogP contribution is -2.37. The van der Waals surface area contributed by atoms with Crippen LogP contribution in [0.2, 0.25) is 5.02 Å². The van der Waals surface area contributed by atoms with Crippen molar-refractivity contribution in [3.63, 3.8) is 0 Å². The molecule has 2 N–H and O–H groups in total. The Morgan fingerprint density at radius 3 is 2.69 bits per heavy atom. The maximum absolute atomic E-state index is 11.8. The Labute approximate surface area is 101 Å². The molecule has 1 rings (SSSR count). The molecule has 1 unspecified atom stereocenters. The second-order valence-electron chi connectivity index (χ2n) is 3.92. The van der Waals surface area contributed by atoms with E-state index in [1.54, 1.807) is 6.07 Å². The number of hydrogen-bond donors (Lipinski definition) is 2. The molecule has 1 aromatic carbocycles. The average molecular weight is 241 g/mol. The molecular weight excluding hydrogens is 224 g/mol. The summed E-state index contributed by atoms with van der Waals surface area (Å²) >= 11 is 5.89. The van der Waals surface area contributed by atoms with E-state index in [1.165, 1.54) is 0 Å². The molecule has 88 valence electrons. The Hall–Kier alpha value is -1.06. The predicted molar refractivity (Wildman–Crippen MR) is 67.0 cm³/mol. The highest BCUT2D eigenvalue weighted by molar-refractivity contribution is 6.31. The fourth-order valence-corrected chi connectivity index (χ4v) is 1.61. The van der Waals surface area contributed by atoms with Crippen LogP contribution in [0.4, 0.5) is 0 Å². The molecule has 16 heavy (non-hydrogen) atoms. The van der Waals surface area contributed by atoms with Crippen LogP contribution in [0, 0.1) is 6.92 Å². The summed E-state index contributed by atoms with van der Waals surface area (Å²) in [6.45, 7) is 4.52. The first kappa shape index (κ1) is 13.0. The number of benzene rings is 1. The summed E-state index contributed by atoms with van der Waals surface area (Å²) in [6.07, 6.45) is 0. The number of amides is 1. The predicted octanol–water partition coefficient (Wildman–Crippen LogP) is 1.99. The molecule has 3 nitrogen and oxygen atoms in total. The Morgan fingerprint density at radius 1 is 1.44 bits per heavy atom. The van der Waals surface area contributed by atoms with Crippen molar-refractivity contribution >= 4 is 17.5 Å². The molecule has 0 saturated heterocycles. The van der Waals surface area contributed by atoms with Crippen LogP contribution in [0.1, 0.15) is 22.8 Å². The highest BCUT2D eigenvalue weighted by Gasteiger charge is 2.07. The molecule has 0 aromatic heterocycles. The van der Waals surface area contributed by atoms with Crippen molar-refractivity contribution in [2.45, 2.75) is 19.9 Å². The molecule has 0 spiro atoms. The van der Waals surface area contributed by atoms with E-state index in [0.717, 1.165) is 5.56 Å². The van der Waals surface area contributed by atoms with Gasteiger partial charge in [-0.2, -0.15) is 0 Å². The van der Waals surface area contributed by atoms with Crippen molar-refractivity contribution < 1.29 is 4.79 Å². The standard InChI is InChI=1S/C12H17ClN2O/c1-8-4-10(6-11(13)5-8)12(16)15-7-9(2)14-3/h4-6,9,14H,7H2,1-3H3,(H,15,16). The van der Waals surface area contributed by atoms with Gasteiger partial charge in [-0.1, -0.05) is 11.6 Å². The van der Waals surface area contributed by atoms with Gasteiger partial charge in [0.2, 0.25) is 0 Å². The highest BCUT2D eigenvalue weighted by atomic mass is 35.5. The van der Waals surface area contributed by atoms with Gasteiger partial charge in [0, 0.05) is 23.2 Å². The smallest absolute Gasteiger partial charge is 0.251 e. The molecule has 0 radical (unpaired) electrons. The van der Waals surface area contributed by atoms with Gasteiger partial charge in [0.15, 0.2) is 0 Å². The van der Waals surface area contributed by atoms with E-state index in [9.17, 15) is 4.79 Å². The second kappa shape index (κ2) is 5.87. The topological polar surface area (TPSA) is 41.1 Å². The SMILES string of the molecule is CNC(C)CNC(=O)c1cc(C)cc(Cl)c1. The van der Waals surface area contributed by atoms with Crippen molar-refractivity contribution in [2.75, 3.05) is 13.6 Å². The number of carbonyl (C=O) groups is 1. The first-order valence-electron chi connectivity index (χ1n) is 5.25. The van der Waals surface area contributed by atoms with Crippen LogP contribution in [-0.4, -0.2) is 25.5 Å². The zero-order valence-corrected chi connectivity index (χ0v) is 10.6. The molecule has 1 atom stereocenters. The van der Waals surface area contributed by atoms with E-state index in [4.69, 9.17) is 11.6 Å². The highest BCUT2D eigenvalue weighted by Crippen LogP contribution is 2.14. The zero-order valence-electron chi connectivity index (χ0n) is 9.80. The summed E-state index contributed by atoms with van der Waals surface area (Å²) in [4.78, 5) is 11.8. The fourth-order valence-electron chi connectivity index (χ4n) is 1.32. The molecule has 0 aliphatic rings. The largest absolute Gasteiger partial charge is 0.350 e. The van der Waals surface area contributed by atoms with Gasteiger partial charge in [-0.3, -0.25) is 4.79 Å². The third kappa shape index (κ3) is 3.83. The lowest BCUT2D eigenvalue weighted by atomic mass is 10.1. The molecule has 1 aromatic rings. The Balaban J connectivity index is 2.66. The number of likely N-dealkylation sites (N-methyl/N-ethyl adjacent to an activating group) is 1. The average Bonchev–Trinajstić information content (AvgIpc) is 2.23. The summed E-state index contributed by atoms with van der Waals surface area (Å²) in [5, 5.41) is 6.49. The van der Waals surface area contributed by atoms with Crippen molar-refractivity contribution in [1.29, 1.82) is 0 Å². The molecule has 4 heteroatoms. The lowest BCUT2D eigenvalue weighted by molar-refractivity contribution is 0.0950. The minimum Gasteiger partial charge on any atom is -0.350 e. The van der Waals surface area contributed by atoms with Crippen molar-refractivity contribution in [1.82, 2.24) is 10.6 Å². The van der Waals surface area contributed by atoms with Gasteiger partial charge in [0.05, 0.1) is 0 Å². The number of rotatable bonds is 4. The second-order valence-corrected chi connectivity index (χ2v) is 4.35. The van der Waals surface area contributed by atoms with Crippen LogP contribution in [0.15, 0.2) is 18.2 Å². The number of aryl methyl sites for hydroxylation is 1. The normalized spacial score (nSPS) is 12.2. The van der Waals surface area contributed by atoms with Crippen LogP contribution >= 0.6 is 11.6 Å². The van der Waals surface area contributed by atoms with E-state index >= 15 is 0 Å². The van der Waals surface area contributed by atoms with Crippen LogP contribution in [0.25, 0.3) is 0 Å². The number of carbonyl (C=O) groups excluding carboxylic acids is 1. The van der Waals surface area contributed by atoms with E-state index in [2.05, 4.69) is 10.6 Å². The van der Waals surface area contributed by atoms with Crippen molar-refractivity contribution in [2.24, 2.45) is 0 Å². The Morgan fingerprint density at radius 2 is 2.12 bits per heavy atom. The van der Waals surface area contributed by atoms with Gasteiger partial charge in [0.25, 0.3) is 5.91 Å². The summed E-state index contributed by atoms with van der Waals surface area (Å²) in [7, 11) is 1.86. The summed E-state index contributed by atoms with van der Waals surface area (Å²) in [5.41, 5.74) is 1.59. The quantitative estimate of drug-likeness (QED) is 0.845. The third-order valence-electron chi connectivity index (χ3n) is 2.37. The molecule has 0 heterocycles. The number of nitrogens with one attached hydrogen (secondary N) is 2. The van der Waals surface area contributed by atoms with E-state index in [-0.39, 0.29) is 11.9 Å². The lowest BCUT2D eigenvalue weighted by Gasteiger charge is -2.11. The maximum atomic E-state index is 11.8. The molecule has 1 amide bonds. The van der Waals surface area contributed by atoms with Crippen LogP contribution in [0.3, 0.4) is 0 Å². The first-order valence-corrected chi connectivity index (χ1v) is 5.63. The Bertz CT molecular complexity index is 359. The molecule has 0 fully saturated rings. The van der Waals surface area contributed by atoms with Crippen LogP contribution in [-0.2, 0) is 0 Å². The summed E-state index contributed by atoms with van der Waals surface area (Å²) < 4.78 is 0. The maximum Gasteiger partial charge on any atom is 0.251 e. The van der Waals surface area contributed by atoms with Gasteiger partial charge in [-0.05, 0) is 44.7 Å².